The van der Waals surface area contributed by atoms with E-state index in [1.165, 1.54) is 6.26 Å². The molecule has 0 saturated heterocycles. The maximum Gasteiger partial charge on any atom is 0.410 e. The van der Waals surface area contributed by atoms with Gasteiger partial charge in [0.2, 0.25) is 0 Å². The predicted molar refractivity (Wildman–Crippen MR) is 99.4 cm³/mol. The topological polar surface area (TPSA) is 72.1 Å². The van der Waals surface area contributed by atoms with Gasteiger partial charge in [-0.1, -0.05) is 29.8 Å². The SMILES string of the molecule is Cc1ccc([C@@H]2C[C@@H](C(F)(F)F)n3ncc(C(=O)NCc4ccco4)c3N2)cc1. The van der Waals surface area contributed by atoms with Crippen LogP contribution in [-0.2, 0) is 6.54 Å². The molecule has 0 radical (unpaired) electrons. The second kappa shape index (κ2) is 7.31. The van der Waals surface area contributed by atoms with Gasteiger partial charge in [-0.15, -0.1) is 0 Å². The molecule has 2 atom stereocenters. The van der Waals surface area contributed by atoms with Crippen molar-refractivity contribution in [2.75, 3.05) is 5.32 Å². The van der Waals surface area contributed by atoms with Gasteiger partial charge < -0.3 is 15.1 Å². The molecule has 3 heterocycles. The van der Waals surface area contributed by atoms with E-state index < -0.39 is 24.2 Å². The highest BCUT2D eigenvalue weighted by Gasteiger charge is 2.47. The fraction of sp³-hybridized carbons (Fsp3) is 0.300. The molecule has 2 N–H and O–H groups in total. The Morgan fingerprint density at radius 2 is 2.07 bits per heavy atom. The van der Waals surface area contributed by atoms with E-state index in [9.17, 15) is 18.0 Å². The molecule has 2 aromatic heterocycles. The monoisotopic (exact) mass is 404 g/mol. The number of alkyl halides is 3. The molecule has 29 heavy (non-hydrogen) atoms. The Morgan fingerprint density at radius 1 is 1.31 bits per heavy atom. The van der Waals surface area contributed by atoms with Crippen LogP contribution in [-0.4, -0.2) is 21.9 Å². The van der Waals surface area contributed by atoms with Gasteiger partial charge in [0.05, 0.1) is 25.0 Å². The van der Waals surface area contributed by atoms with Gasteiger partial charge in [0.1, 0.15) is 17.1 Å². The zero-order valence-corrected chi connectivity index (χ0v) is 15.5. The molecule has 0 spiro atoms. The highest BCUT2D eigenvalue weighted by Crippen LogP contribution is 2.44. The lowest BCUT2D eigenvalue weighted by molar-refractivity contribution is -0.173. The summed E-state index contributed by atoms with van der Waals surface area (Å²) >= 11 is 0. The molecule has 1 aromatic carbocycles. The number of halogens is 3. The number of benzene rings is 1. The smallest absolute Gasteiger partial charge is 0.410 e. The third kappa shape index (κ3) is 3.85. The molecule has 1 aliphatic heterocycles. The molecule has 9 heteroatoms. The first-order valence-corrected chi connectivity index (χ1v) is 9.11. The van der Waals surface area contributed by atoms with Crippen LogP contribution in [0.3, 0.4) is 0 Å². The molecular weight excluding hydrogens is 385 g/mol. The number of amides is 1. The third-order valence-electron chi connectivity index (χ3n) is 4.97. The molecule has 0 fully saturated rings. The van der Waals surface area contributed by atoms with Crippen molar-refractivity contribution < 1.29 is 22.4 Å². The molecule has 3 aromatic rings. The Kier molecular flexibility index (Phi) is 4.81. The summed E-state index contributed by atoms with van der Waals surface area (Å²) in [6.07, 6.45) is -2.07. The lowest BCUT2D eigenvalue weighted by atomic mass is 9.96. The zero-order chi connectivity index (χ0) is 20.6. The van der Waals surface area contributed by atoms with Gasteiger partial charge in [-0.05, 0) is 24.6 Å². The van der Waals surface area contributed by atoms with Gasteiger partial charge in [-0.2, -0.15) is 18.3 Å². The summed E-state index contributed by atoms with van der Waals surface area (Å²) in [6, 6.07) is 8.25. The number of carbonyl (C=O) groups is 1. The van der Waals surface area contributed by atoms with Gasteiger partial charge in [-0.3, -0.25) is 4.79 Å². The van der Waals surface area contributed by atoms with Crippen LogP contribution in [0.15, 0.2) is 53.3 Å². The highest BCUT2D eigenvalue weighted by molar-refractivity contribution is 5.98. The van der Waals surface area contributed by atoms with Crippen molar-refractivity contribution >= 4 is 11.7 Å². The van der Waals surface area contributed by atoms with Crippen molar-refractivity contribution in [1.29, 1.82) is 0 Å². The van der Waals surface area contributed by atoms with Crippen molar-refractivity contribution in [3.05, 3.63) is 71.3 Å². The van der Waals surface area contributed by atoms with E-state index in [4.69, 9.17) is 4.42 Å². The highest BCUT2D eigenvalue weighted by atomic mass is 19.4. The molecule has 4 rings (SSSR count). The van der Waals surface area contributed by atoms with Crippen LogP contribution in [0.5, 0.6) is 0 Å². The largest absolute Gasteiger partial charge is 0.467 e. The number of rotatable bonds is 4. The van der Waals surface area contributed by atoms with Crippen LogP contribution in [0.4, 0.5) is 19.0 Å². The number of nitrogens with one attached hydrogen (secondary N) is 2. The summed E-state index contributed by atoms with van der Waals surface area (Å²) in [6.45, 7) is 2.04. The Bertz CT molecular complexity index is 994. The average Bonchev–Trinajstić information content (AvgIpc) is 3.35. The quantitative estimate of drug-likeness (QED) is 0.677. The van der Waals surface area contributed by atoms with E-state index in [0.717, 1.165) is 22.0 Å². The Balaban J connectivity index is 1.64. The Hall–Kier alpha value is -3.23. The molecule has 0 saturated carbocycles. The molecule has 152 valence electrons. The van der Waals surface area contributed by atoms with Gasteiger partial charge >= 0.3 is 6.18 Å². The van der Waals surface area contributed by atoms with Crippen molar-refractivity contribution in [1.82, 2.24) is 15.1 Å². The lowest BCUT2D eigenvalue weighted by Gasteiger charge is -2.34. The van der Waals surface area contributed by atoms with E-state index in [-0.39, 0.29) is 24.3 Å². The van der Waals surface area contributed by atoms with Crippen molar-refractivity contribution in [3.63, 3.8) is 0 Å². The van der Waals surface area contributed by atoms with E-state index >= 15 is 0 Å². The lowest BCUT2D eigenvalue weighted by Crippen LogP contribution is -2.36. The number of aromatic nitrogens is 2. The first-order valence-electron chi connectivity index (χ1n) is 9.11. The summed E-state index contributed by atoms with van der Waals surface area (Å²) in [7, 11) is 0. The van der Waals surface area contributed by atoms with Gasteiger partial charge in [0.15, 0.2) is 6.04 Å². The van der Waals surface area contributed by atoms with Gasteiger partial charge in [0, 0.05) is 6.42 Å². The predicted octanol–water partition coefficient (Wildman–Crippen LogP) is 4.37. The van der Waals surface area contributed by atoms with Crippen molar-refractivity contribution in [2.24, 2.45) is 0 Å². The zero-order valence-electron chi connectivity index (χ0n) is 15.5. The number of anilines is 1. The van der Waals surface area contributed by atoms with E-state index in [2.05, 4.69) is 15.7 Å². The summed E-state index contributed by atoms with van der Waals surface area (Å²) in [5.74, 6) is 0.0692. The molecule has 0 bridgehead atoms. The first kappa shape index (κ1) is 19.1. The number of hydrogen-bond acceptors (Lipinski definition) is 4. The first-order chi connectivity index (χ1) is 13.8. The van der Waals surface area contributed by atoms with Crippen molar-refractivity contribution in [3.8, 4) is 0 Å². The van der Waals surface area contributed by atoms with Crippen LogP contribution in [0.25, 0.3) is 0 Å². The van der Waals surface area contributed by atoms with Crippen LogP contribution in [0.1, 0.15) is 45.7 Å². The minimum Gasteiger partial charge on any atom is -0.467 e. The summed E-state index contributed by atoms with van der Waals surface area (Å²) in [5, 5.41) is 9.58. The van der Waals surface area contributed by atoms with Crippen molar-refractivity contribution in [2.45, 2.75) is 38.1 Å². The fourth-order valence-electron chi connectivity index (χ4n) is 3.42. The molecule has 1 aliphatic rings. The summed E-state index contributed by atoms with van der Waals surface area (Å²) in [4.78, 5) is 12.6. The number of aryl methyl sites for hydroxylation is 1. The number of hydrogen-bond donors (Lipinski definition) is 2. The minimum atomic E-state index is -4.49. The molecular formula is C20H19F3N4O2. The Labute approximate surface area is 164 Å². The Morgan fingerprint density at radius 3 is 2.72 bits per heavy atom. The minimum absolute atomic E-state index is 0.0566. The van der Waals surface area contributed by atoms with Crippen LogP contribution in [0.2, 0.25) is 0 Å². The molecule has 0 aliphatic carbocycles. The third-order valence-corrected chi connectivity index (χ3v) is 4.97. The van der Waals surface area contributed by atoms with Crippen LogP contribution < -0.4 is 10.6 Å². The summed E-state index contributed by atoms with van der Waals surface area (Å²) in [5.41, 5.74) is 1.79. The van der Waals surface area contributed by atoms with E-state index in [1.54, 1.807) is 24.3 Å². The van der Waals surface area contributed by atoms with Crippen LogP contribution in [0, 0.1) is 6.92 Å². The second-order valence-electron chi connectivity index (χ2n) is 7.01. The maximum absolute atomic E-state index is 13.7. The number of carbonyl (C=O) groups excluding carboxylic acids is 1. The average molecular weight is 404 g/mol. The van der Waals surface area contributed by atoms with E-state index in [1.807, 2.05) is 19.1 Å². The standard InChI is InChI=1S/C20H19F3N4O2/c1-12-4-6-13(7-5-12)16-9-17(20(21,22)23)27-18(26-16)15(11-25-27)19(28)24-10-14-3-2-8-29-14/h2-8,11,16-17,26H,9-10H2,1H3,(H,24,28)/t16-,17-/m0/s1. The van der Waals surface area contributed by atoms with E-state index in [0.29, 0.717) is 5.76 Å². The second-order valence-corrected chi connectivity index (χ2v) is 7.01. The number of nitrogens with zero attached hydrogens (tertiary/aromatic N) is 2. The molecule has 0 unspecified atom stereocenters. The summed E-state index contributed by atoms with van der Waals surface area (Å²) < 4.78 is 47.2. The normalized spacial score (nSPS) is 18.8. The molecule has 6 nitrogen and oxygen atoms in total. The number of fused-ring (bicyclic) bond motifs is 1. The number of furan rings is 1. The maximum atomic E-state index is 13.7. The molecule has 1 amide bonds. The van der Waals surface area contributed by atoms with Gasteiger partial charge in [0.25, 0.3) is 5.91 Å². The van der Waals surface area contributed by atoms with Crippen LogP contribution >= 0.6 is 0 Å². The van der Waals surface area contributed by atoms with Gasteiger partial charge in [-0.25, -0.2) is 4.68 Å². The fourth-order valence-corrected chi connectivity index (χ4v) is 3.42.